The Morgan fingerprint density at radius 1 is 1.28 bits per heavy atom. The zero-order valence-electron chi connectivity index (χ0n) is 9.97. The molecule has 1 aromatic rings. The number of alkyl halides is 3. The van der Waals surface area contributed by atoms with Gasteiger partial charge in [-0.3, -0.25) is 4.79 Å². The summed E-state index contributed by atoms with van der Waals surface area (Å²) in [4.78, 5) is 11.5. The summed E-state index contributed by atoms with van der Waals surface area (Å²) < 4.78 is 37.0. The molecule has 2 N–H and O–H groups in total. The van der Waals surface area contributed by atoms with Crippen molar-refractivity contribution in [2.75, 3.05) is 18.9 Å². The molecule has 18 heavy (non-hydrogen) atoms. The predicted octanol–water partition coefficient (Wildman–Crippen LogP) is 2.34. The van der Waals surface area contributed by atoms with Crippen LogP contribution in [0.25, 0.3) is 0 Å². The Hall–Kier alpha value is -1.56. The molecule has 0 fully saturated rings. The van der Waals surface area contributed by atoms with Crippen molar-refractivity contribution in [2.45, 2.75) is 19.0 Å². The van der Waals surface area contributed by atoms with Gasteiger partial charge in [0, 0.05) is 18.7 Å². The summed E-state index contributed by atoms with van der Waals surface area (Å²) in [5.74, 6) is -0.307. The zero-order chi connectivity index (χ0) is 13.6. The van der Waals surface area contributed by atoms with Gasteiger partial charge in [0.05, 0.1) is 6.42 Å². The van der Waals surface area contributed by atoms with Crippen molar-refractivity contribution in [1.29, 1.82) is 0 Å². The monoisotopic (exact) mass is 260 g/mol. The van der Waals surface area contributed by atoms with Gasteiger partial charge in [0.25, 0.3) is 0 Å². The van der Waals surface area contributed by atoms with Crippen LogP contribution in [0.4, 0.5) is 18.9 Å². The van der Waals surface area contributed by atoms with Gasteiger partial charge >= 0.3 is 6.18 Å². The molecule has 0 unspecified atom stereocenters. The van der Waals surface area contributed by atoms with Gasteiger partial charge in [0.2, 0.25) is 5.91 Å². The third-order valence-corrected chi connectivity index (χ3v) is 2.28. The Balaban J connectivity index is 2.73. The van der Waals surface area contributed by atoms with Crippen LogP contribution in [0.2, 0.25) is 0 Å². The van der Waals surface area contributed by atoms with Crippen molar-refractivity contribution >= 4 is 11.6 Å². The molecular formula is C12H15F3N2O. The fraction of sp³-hybridized carbons (Fsp3) is 0.417. The first kappa shape index (κ1) is 14.5. The maximum Gasteiger partial charge on any atom is 0.393 e. The van der Waals surface area contributed by atoms with Gasteiger partial charge in [-0.2, -0.15) is 13.2 Å². The van der Waals surface area contributed by atoms with Crippen LogP contribution in [-0.4, -0.2) is 25.7 Å². The van der Waals surface area contributed by atoms with Crippen LogP contribution in [0.15, 0.2) is 24.3 Å². The molecule has 1 rings (SSSR count). The minimum atomic E-state index is -4.29. The standard InChI is InChI=1S/C12H15F3N2O/c1-16-7-6-11(18)17-10-5-3-2-4-9(10)8-12(13,14)15/h2-5,16H,6-8H2,1H3,(H,17,18). The van der Waals surface area contributed by atoms with Gasteiger partial charge in [-0.05, 0) is 18.7 Å². The third-order valence-electron chi connectivity index (χ3n) is 2.28. The van der Waals surface area contributed by atoms with Crippen LogP contribution in [-0.2, 0) is 11.2 Å². The number of carbonyl (C=O) groups excluding carboxylic acids is 1. The largest absolute Gasteiger partial charge is 0.393 e. The SMILES string of the molecule is CNCCC(=O)Nc1ccccc1CC(F)(F)F. The van der Waals surface area contributed by atoms with E-state index >= 15 is 0 Å². The highest BCUT2D eigenvalue weighted by molar-refractivity contribution is 5.91. The summed E-state index contributed by atoms with van der Waals surface area (Å²) in [6.07, 6.45) is -5.11. The van der Waals surface area contributed by atoms with Crippen molar-refractivity contribution in [3.05, 3.63) is 29.8 Å². The van der Waals surface area contributed by atoms with E-state index in [9.17, 15) is 18.0 Å². The number of anilines is 1. The number of nitrogens with one attached hydrogen (secondary N) is 2. The van der Waals surface area contributed by atoms with Gasteiger partial charge in [-0.1, -0.05) is 18.2 Å². The van der Waals surface area contributed by atoms with E-state index in [2.05, 4.69) is 10.6 Å². The molecule has 0 bridgehead atoms. The lowest BCUT2D eigenvalue weighted by atomic mass is 10.1. The van der Waals surface area contributed by atoms with E-state index in [0.717, 1.165) is 0 Å². The van der Waals surface area contributed by atoms with Crippen molar-refractivity contribution < 1.29 is 18.0 Å². The smallest absolute Gasteiger partial charge is 0.326 e. The molecule has 0 aromatic heterocycles. The number of carbonyl (C=O) groups is 1. The van der Waals surface area contributed by atoms with Crippen molar-refractivity contribution in [2.24, 2.45) is 0 Å². The third kappa shape index (κ3) is 5.18. The Bertz CT molecular complexity index is 405. The molecule has 0 atom stereocenters. The molecule has 0 heterocycles. The number of amides is 1. The predicted molar refractivity (Wildman–Crippen MR) is 63.4 cm³/mol. The van der Waals surface area contributed by atoms with Gasteiger partial charge in [-0.15, -0.1) is 0 Å². The van der Waals surface area contributed by atoms with E-state index in [-0.39, 0.29) is 23.6 Å². The number of benzene rings is 1. The summed E-state index contributed by atoms with van der Waals surface area (Å²) >= 11 is 0. The summed E-state index contributed by atoms with van der Waals surface area (Å²) in [6.45, 7) is 0.479. The van der Waals surface area contributed by atoms with E-state index in [4.69, 9.17) is 0 Å². The minimum absolute atomic E-state index is 0.0720. The van der Waals surface area contributed by atoms with E-state index in [1.165, 1.54) is 18.2 Å². The fourth-order valence-electron chi connectivity index (χ4n) is 1.46. The summed E-state index contributed by atoms with van der Waals surface area (Å²) in [6, 6.07) is 5.94. The average molecular weight is 260 g/mol. The summed E-state index contributed by atoms with van der Waals surface area (Å²) in [7, 11) is 1.70. The van der Waals surface area contributed by atoms with Crippen LogP contribution >= 0.6 is 0 Å². The van der Waals surface area contributed by atoms with Crippen molar-refractivity contribution in [3.8, 4) is 0 Å². The average Bonchev–Trinajstić information content (AvgIpc) is 2.27. The lowest BCUT2D eigenvalue weighted by Crippen LogP contribution is -2.20. The Morgan fingerprint density at radius 3 is 2.56 bits per heavy atom. The fourth-order valence-corrected chi connectivity index (χ4v) is 1.46. The molecule has 1 amide bonds. The minimum Gasteiger partial charge on any atom is -0.326 e. The Morgan fingerprint density at radius 2 is 1.94 bits per heavy atom. The molecule has 6 heteroatoms. The second kappa shape index (κ2) is 6.39. The van der Waals surface area contributed by atoms with Crippen LogP contribution in [0.1, 0.15) is 12.0 Å². The lowest BCUT2D eigenvalue weighted by molar-refractivity contribution is -0.127. The van der Waals surface area contributed by atoms with E-state index in [1.54, 1.807) is 13.1 Å². The van der Waals surface area contributed by atoms with Crippen molar-refractivity contribution in [1.82, 2.24) is 5.32 Å². The Labute approximate surface area is 103 Å². The maximum absolute atomic E-state index is 12.3. The van der Waals surface area contributed by atoms with Gasteiger partial charge < -0.3 is 10.6 Å². The molecule has 0 aliphatic heterocycles. The van der Waals surface area contributed by atoms with E-state index in [1.807, 2.05) is 0 Å². The van der Waals surface area contributed by atoms with E-state index in [0.29, 0.717) is 6.54 Å². The number of halogens is 3. The van der Waals surface area contributed by atoms with E-state index < -0.39 is 12.6 Å². The molecule has 0 aliphatic rings. The lowest BCUT2D eigenvalue weighted by Gasteiger charge is -2.12. The van der Waals surface area contributed by atoms with Crippen molar-refractivity contribution in [3.63, 3.8) is 0 Å². The second-order valence-electron chi connectivity index (χ2n) is 3.85. The zero-order valence-corrected chi connectivity index (χ0v) is 9.97. The number of hydrogen-bond acceptors (Lipinski definition) is 2. The molecule has 0 aliphatic carbocycles. The molecule has 0 radical (unpaired) electrons. The first-order chi connectivity index (χ1) is 8.42. The number of rotatable bonds is 5. The first-order valence-electron chi connectivity index (χ1n) is 5.51. The first-order valence-corrected chi connectivity index (χ1v) is 5.51. The molecular weight excluding hydrogens is 245 g/mol. The number of hydrogen-bond donors (Lipinski definition) is 2. The summed E-state index contributed by atoms with van der Waals surface area (Å²) in [5, 5.41) is 5.29. The highest BCUT2D eigenvalue weighted by Crippen LogP contribution is 2.25. The Kier molecular flexibility index (Phi) is 5.15. The molecule has 0 spiro atoms. The topological polar surface area (TPSA) is 41.1 Å². The van der Waals surface area contributed by atoms with Gasteiger partial charge in [0.15, 0.2) is 0 Å². The van der Waals surface area contributed by atoms with Gasteiger partial charge in [-0.25, -0.2) is 0 Å². The molecule has 0 saturated heterocycles. The van der Waals surface area contributed by atoms with Crippen LogP contribution in [0.3, 0.4) is 0 Å². The molecule has 1 aromatic carbocycles. The van der Waals surface area contributed by atoms with Crippen LogP contribution in [0, 0.1) is 0 Å². The highest BCUT2D eigenvalue weighted by Gasteiger charge is 2.28. The molecule has 3 nitrogen and oxygen atoms in total. The molecule has 0 saturated carbocycles. The maximum atomic E-state index is 12.3. The van der Waals surface area contributed by atoms with Crippen LogP contribution < -0.4 is 10.6 Å². The normalized spacial score (nSPS) is 11.3. The van der Waals surface area contributed by atoms with Crippen LogP contribution in [0.5, 0.6) is 0 Å². The molecule has 100 valence electrons. The highest BCUT2D eigenvalue weighted by atomic mass is 19.4. The van der Waals surface area contributed by atoms with Gasteiger partial charge in [0.1, 0.15) is 0 Å². The number of para-hydroxylation sites is 1. The summed E-state index contributed by atoms with van der Waals surface area (Å²) in [5.41, 5.74) is 0.290. The quantitative estimate of drug-likeness (QED) is 0.853. The second-order valence-corrected chi connectivity index (χ2v) is 3.85.